The van der Waals surface area contributed by atoms with Crippen molar-refractivity contribution in [3.05, 3.63) is 59.7 Å². The molecule has 1 atom stereocenters. The number of ether oxygens (including phenoxy) is 1. The van der Waals surface area contributed by atoms with Gasteiger partial charge in [-0.05, 0) is 48.2 Å². The molecule has 1 N–H and O–H groups in total. The van der Waals surface area contributed by atoms with E-state index in [4.69, 9.17) is 5.11 Å². The Bertz CT molecular complexity index is 794. The SMILES string of the molecule is CN1C(c2cccc(CCCO)c2)N=CN1c1ccc(OC(F)(F)F)cc1. The number of anilines is 1. The maximum absolute atomic E-state index is 12.3. The van der Waals surface area contributed by atoms with Crippen molar-refractivity contribution < 1.29 is 23.0 Å². The molecule has 3 rings (SSSR count). The van der Waals surface area contributed by atoms with Crippen molar-refractivity contribution in [2.24, 2.45) is 4.99 Å². The van der Waals surface area contributed by atoms with E-state index >= 15 is 0 Å². The van der Waals surface area contributed by atoms with E-state index in [2.05, 4.69) is 15.8 Å². The number of rotatable bonds is 6. The summed E-state index contributed by atoms with van der Waals surface area (Å²) >= 11 is 0. The predicted octanol–water partition coefficient (Wildman–Crippen LogP) is 3.90. The van der Waals surface area contributed by atoms with Crippen LogP contribution in [-0.2, 0) is 6.42 Å². The first kappa shape index (κ1) is 19.2. The van der Waals surface area contributed by atoms with Gasteiger partial charge in [0.15, 0.2) is 0 Å². The van der Waals surface area contributed by atoms with Crippen LogP contribution in [0.2, 0.25) is 0 Å². The van der Waals surface area contributed by atoms with Gasteiger partial charge in [0, 0.05) is 13.7 Å². The minimum Gasteiger partial charge on any atom is -0.406 e. The summed E-state index contributed by atoms with van der Waals surface area (Å²) in [6.45, 7) is 0.146. The van der Waals surface area contributed by atoms with Crippen molar-refractivity contribution in [1.82, 2.24) is 5.01 Å². The van der Waals surface area contributed by atoms with E-state index in [9.17, 15) is 13.2 Å². The van der Waals surface area contributed by atoms with Crippen molar-refractivity contribution in [3.63, 3.8) is 0 Å². The molecule has 8 heteroatoms. The fourth-order valence-corrected chi connectivity index (χ4v) is 2.97. The first-order valence-electron chi connectivity index (χ1n) is 8.48. The number of nitrogens with zero attached hydrogens (tertiary/aromatic N) is 3. The minimum atomic E-state index is -4.71. The molecule has 0 saturated carbocycles. The van der Waals surface area contributed by atoms with Gasteiger partial charge in [-0.3, -0.25) is 5.01 Å². The van der Waals surface area contributed by atoms with Crippen LogP contribution < -0.4 is 9.75 Å². The third-order valence-electron chi connectivity index (χ3n) is 4.22. The zero-order valence-electron chi connectivity index (χ0n) is 14.7. The van der Waals surface area contributed by atoms with E-state index in [1.807, 2.05) is 30.3 Å². The number of alkyl halides is 3. The molecule has 1 aliphatic rings. The zero-order chi connectivity index (χ0) is 19.4. The molecule has 2 aromatic carbocycles. The number of benzene rings is 2. The summed E-state index contributed by atoms with van der Waals surface area (Å²) < 4.78 is 40.7. The van der Waals surface area contributed by atoms with E-state index in [1.165, 1.54) is 12.1 Å². The van der Waals surface area contributed by atoms with Gasteiger partial charge in [0.2, 0.25) is 0 Å². The van der Waals surface area contributed by atoms with Crippen LogP contribution in [0.15, 0.2) is 53.5 Å². The molecular weight excluding hydrogens is 359 g/mol. The van der Waals surface area contributed by atoms with Crippen molar-refractivity contribution in [2.45, 2.75) is 25.4 Å². The number of hydrogen-bond donors (Lipinski definition) is 1. The van der Waals surface area contributed by atoms with Crippen LogP contribution >= 0.6 is 0 Å². The fraction of sp³-hybridized carbons (Fsp3) is 0.316. The minimum absolute atomic E-state index is 0.146. The largest absolute Gasteiger partial charge is 0.573 e. The van der Waals surface area contributed by atoms with Crippen molar-refractivity contribution >= 4 is 12.0 Å². The third-order valence-corrected chi connectivity index (χ3v) is 4.22. The molecule has 1 aliphatic heterocycles. The highest BCUT2D eigenvalue weighted by Gasteiger charge is 2.31. The second-order valence-corrected chi connectivity index (χ2v) is 6.17. The highest BCUT2D eigenvalue weighted by Crippen LogP contribution is 2.32. The molecule has 2 aromatic rings. The van der Waals surface area contributed by atoms with Gasteiger partial charge in [-0.15, -0.1) is 13.2 Å². The summed E-state index contributed by atoms with van der Waals surface area (Å²) in [6.07, 6.45) is -1.81. The molecule has 1 heterocycles. The van der Waals surface area contributed by atoms with E-state index in [1.54, 1.807) is 23.5 Å². The highest BCUT2D eigenvalue weighted by atomic mass is 19.4. The Morgan fingerprint density at radius 2 is 1.89 bits per heavy atom. The van der Waals surface area contributed by atoms with Crippen molar-refractivity contribution in [2.75, 3.05) is 18.7 Å². The van der Waals surface area contributed by atoms with Crippen LogP contribution in [0.4, 0.5) is 18.9 Å². The summed E-state index contributed by atoms with van der Waals surface area (Å²) in [6, 6.07) is 13.6. The summed E-state index contributed by atoms with van der Waals surface area (Å²) in [5, 5.41) is 12.6. The number of aliphatic imine (C=N–C) groups is 1. The fourth-order valence-electron chi connectivity index (χ4n) is 2.97. The summed E-state index contributed by atoms with van der Waals surface area (Å²) in [4.78, 5) is 4.51. The van der Waals surface area contributed by atoms with Crippen LogP contribution in [0.5, 0.6) is 5.75 Å². The maximum Gasteiger partial charge on any atom is 0.573 e. The highest BCUT2D eigenvalue weighted by molar-refractivity contribution is 5.80. The number of hydrazine groups is 1. The second-order valence-electron chi connectivity index (χ2n) is 6.17. The molecule has 0 amide bonds. The standard InChI is InChI=1S/C19H20F3N3O2/c1-24-18(15-6-2-4-14(12-15)5-3-11-26)23-13-25(24)16-7-9-17(10-8-16)27-19(20,21)22/h2,4,6-10,12-13,18,26H,3,5,11H2,1H3. The molecule has 5 nitrogen and oxygen atoms in total. The molecule has 0 radical (unpaired) electrons. The van der Waals surface area contributed by atoms with Crippen LogP contribution in [0.1, 0.15) is 23.7 Å². The average molecular weight is 379 g/mol. The molecule has 0 aliphatic carbocycles. The number of aliphatic hydroxyl groups excluding tert-OH is 1. The Kier molecular flexibility index (Phi) is 5.67. The first-order valence-corrected chi connectivity index (χ1v) is 8.48. The van der Waals surface area contributed by atoms with Gasteiger partial charge in [-0.2, -0.15) is 5.01 Å². The predicted molar refractivity (Wildman–Crippen MR) is 96.4 cm³/mol. The van der Waals surface area contributed by atoms with Crippen molar-refractivity contribution in [1.29, 1.82) is 0 Å². The summed E-state index contributed by atoms with van der Waals surface area (Å²) in [5.41, 5.74) is 2.80. The van der Waals surface area contributed by atoms with E-state index in [0.717, 1.165) is 17.5 Å². The number of aryl methyl sites for hydroxylation is 1. The lowest BCUT2D eigenvalue weighted by molar-refractivity contribution is -0.274. The van der Waals surface area contributed by atoms with E-state index < -0.39 is 6.36 Å². The Morgan fingerprint density at radius 1 is 1.15 bits per heavy atom. The molecule has 0 spiro atoms. The molecule has 27 heavy (non-hydrogen) atoms. The van der Waals surface area contributed by atoms with Gasteiger partial charge in [0.05, 0.1) is 5.69 Å². The van der Waals surface area contributed by atoms with E-state index in [0.29, 0.717) is 12.1 Å². The second kappa shape index (κ2) is 7.98. The average Bonchev–Trinajstić information content (AvgIpc) is 3.01. The van der Waals surface area contributed by atoms with E-state index in [-0.39, 0.29) is 18.5 Å². The molecule has 0 aromatic heterocycles. The van der Waals surface area contributed by atoms with Crippen LogP contribution in [-0.4, -0.2) is 36.5 Å². The lowest BCUT2D eigenvalue weighted by Gasteiger charge is -2.28. The lowest BCUT2D eigenvalue weighted by Crippen LogP contribution is -2.35. The Hall–Kier alpha value is -2.58. The topological polar surface area (TPSA) is 48.3 Å². The normalized spacial score (nSPS) is 17.5. The van der Waals surface area contributed by atoms with Gasteiger partial charge in [-0.25, -0.2) is 4.99 Å². The third kappa shape index (κ3) is 4.78. The lowest BCUT2D eigenvalue weighted by atomic mass is 10.1. The molecule has 0 saturated heterocycles. The molecule has 1 unspecified atom stereocenters. The van der Waals surface area contributed by atoms with Gasteiger partial charge in [0.1, 0.15) is 18.3 Å². The maximum atomic E-state index is 12.3. The molecule has 144 valence electrons. The number of halogens is 3. The van der Waals surface area contributed by atoms with Gasteiger partial charge >= 0.3 is 6.36 Å². The number of hydrogen-bond acceptors (Lipinski definition) is 5. The summed E-state index contributed by atoms with van der Waals surface area (Å²) in [7, 11) is 1.86. The smallest absolute Gasteiger partial charge is 0.406 e. The van der Waals surface area contributed by atoms with Gasteiger partial charge < -0.3 is 9.84 Å². The van der Waals surface area contributed by atoms with Crippen LogP contribution in [0.25, 0.3) is 0 Å². The Balaban J connectivity index is 1.72. The monoisotopic (exact) mass is 379 g/mol. The quantitative estimate of drug-likeness (QED) is 0.827. The molecule has 0 fully saturated rings. The zero-order valence-corrected chi connectivity index (χ0v) is 14.7. The van der Waals surface area contributed by atoms with Gasteiger partial charge in [0.25, 0.3) is 0 Å². The van der Waals surface area contributed by atoms with Gasteiger partial charge in [-0.1, -0.05) is 24.3 Å². The first-order chi connectivity index (χ1) is 12.9. The molecule has 0 bridgehead atoms. The van der Waals surface area contributed by atoms with Crippen molar-refractivity contribution in [3.8, 4) is 5.75 Å². The van der Waals surface area contributed by atoms with Crippen LogP contribution in [0, 0.1) is 0 Å². The Labute approximate surface area is 155 Å². The summed E-state index contributed by atoms with van der Waals surface area (Å²) in [5.74, 6) is -0.266. The Morgan fingerprint density at radius 3 is 2.56 bits per heavy atom. The molecular formula is C19H20F3N3O2. The van der Waals surface area contributed by atoms with Crippen LogP contribution in [0.3, 0.4) is 0 Å². The number of aliphatic hydroxyl groups is 1.